The van der Waals surface area contributed by atoms with Crippen molar-refractivity contribution in [1.82, 2.24) is 4.98 Å². The minimum absolute atomic E-state index is 0.449. The first-order valence-electron chi connectivity index (χ1n) is 3.72. The highest BCUT2D eigenvalue weighted by atomic mass is 32.1. The van der Waals surface area contributed by atoms with Crippen LogP contribution in [0.25, 0.3) is 0 Å². The Morgan fingerprint density at radius 3 is 3.00 bits per heavy atom. The van der Waals surface area contributed by atoms with Crippen LogP contribution in [-0.4, -0.2) is 18.3 Å². The maximum atomic E-state index is 11.6. The third kappa shape index (κ3) is 3.05. The number of aromatic nitrogens is 1. The van der Waals surface area contributed by atoms with Gasteiger partial charge in [0.1, 0.15) is 0 Å². The molecule has 0 amide bonds. The first kappa shape index (κ1) is 9.90. The molecule has 0 fully saturated rings. The summed E-state index contributed by atoms with van der Waals surface area (Å²) >= 11 is 1.51. The summed E-state index contributed by atoms with van der Waals surface area (Å²) < 4.78 is 16.7. The molecule has 0 aliphatic heterocycles. The topological polar surface area (TPSA) is 39.2 Å². The van der Waals surface area contributed by atoms with E-state index in [4.69, 9.17) is 4.52 Å². The lowest BCUT2D eigenvalue weighted by molar-refractivity contribution is 0.336. The van der Waals surface area contributed by atoms with Gasteiger partial charge in [-0.25, -0.2) is 4.98 Å². The fourth-order valence-corrected chi connectivity index (χ4v) is 3.01. The van der Waals surface area contributed by atoms with Crippen molar-refractivity contribution in [2.45, 2.75) is 13.1 Å². The normalized spacial score (nSPS) is 15.8. The molecule has 1 aromatic rings. The molecule has 0 aromatic carbocycles. The summed E-state index contributed by atoms with van der Waals surface area (Å²) in [7, 11) is -2.44. The van der Waals surface area contributed by atoms with Crippen molar-refractivity contribution < 1.29 is 9.09 Å². The Hall–Kier alpha value is -0.180. The summed E-state index contributed by atoms with van der Waals surface area (Å²) in [6.07, 6.45) is 0.449. The van der Waals surface area contributed by atoms with E-state index in [9.17, 15) is 4.57 Å². The van der Waals surface area contributed by atoms with Gasteiger partial charge in [-0.15, -0.1) is 11.3 Å². The minimum atomic E-state index is -2.44. The molecule has 0 aliphatic rings. The third-order valence-corrected chi connectivity index (χ3v) is 3.67. The largest absolute Gasteiger partial charge is 0.329 e. The van der Waals surface area contributed by atoms with Gasteiger partial charge < -0.3 is 4.52 Å². The molecular formula is C7H12NO2PS. The van der Waals surface area contributed by atoms with E-state index >= 15 is 0 Å². The molecule has 3 nitrogen and oxygen atoms in total. The zero-order chi connectivity index (χ0) is 9.03. The molecular weight excluding hydrogens is 193 g/mol. The molecule has 1 aromatic heterocycles. The van der Waals surface area contributed by atoms with Crippen LogP contribution in [-0.2, 0) is 15.3 Å². The fraction of sp³-hybridized carbons (Fsp3) is 0.571. The van der Waals surface area contributed by atoms with Gasteiger partial charge in [0.2, 0.25) is 7.37 Å². The summed E-state index contributed by atoms with van der Waals surface area (Å²) in [5, 5.41) is 1.90. The lowest BCUT2D eigenvalue weighted by Gasteiger charge is -2.09. The van der Waals surface area contributed by atoms with Crippen LogP contribution >= 0.6 is 18.7 Å². The van der Waals surface area contributed by atoms with Gasteiger partial charge in [0.15, 0.2) is 0 Å². The zero-order valence-electron chi connectivity index (χ0n) is 7.19. The van der Waals surface area contributed by atoms with E-state index in [2.05, 4.69) is 4.98 Å². The number of hydrogen-bond donors (Lipinski definition) is 0. The average Bonchev–Trinajstić information content (AvgIpc) is 2.38. The molecule has 1 atom stereocenters. The Bertz CT molecular complexity index is 273. The summed E-state index contributed by atoms with van der Waals surface area (Å²) in [6.45, 7) is 3.99. The zero-order valence-corrected chi connectivity index (χ0v) is 8.90. The molecule has 0 radical (unpaired) electrons. The van der Waals surface area contributed by atoms with E-state index in [1.807, 2.05) is 12.3 Å². The highest BCUT2D eigenvalue weighted by Crippen LogP contribution is 2.45. The molecule has 12 heavy (non-hydrogen) atoms. The van der Waals surface area contributed by atoms with E-state index in [1.54, 1.807) is 12.2 Å². The lowest BCUT2D eigenvalue weighted by atomic mass is 10.6. The van der Waals surface area contributed by atoms with Crippen LogP contribution < -0.4 is 0 Å². The fourth-order valence-electron chi connectivity index (χ4n) is 0.929. The summed E-state index contributed by atoms with van der Waals surface area (Å²) in [4.78, 5) is 4.05. The van der Waals surface area contributed by atoms with E-state index in [-0.39, 0.29) is 0 Å². The Labute approximate surface area is 76.2 Å². The van der Waals surface area contributed by atoms with Gasteiger partial charge in [0, 0.05) is 12.0 Å². The second-order valence-corrected chi connectivity index (χ2v) is 5.89. The Kier molecular flexibility index (Phi) is 3.44. The molecule has 1 heterocycles. The predicted octanol–water partition coefficient (Wildman–Crippen LogP) is 2.59. The molecule has 5 heteroatoms. The number of rotatable bonds is 4. The second kappa shape index (κ2) is 4.17. The van der Waals surface area contributed by atoms with Crippen LogP contribution in [0, 0.1) is 0 Å². The summed E-state index contributed by atoms with van der Waals surface area (Å²) in [5.41, 5.74) is 2.60. The van der Waals surface area contributed by atoms with Crippen molar-refractivity contribution in [2.75, 3.05) is 13.3 Å². The first-order chi connectivity index (χ1) is 5.64. The van der Waals surface area contributed by atoms with Gasteiger partial charge in [-0.3, -0.25) is 4.57 Å². The van der Waals surface area contributed by atoms with E-state index in [1.165, 1.54) is 11.3 Å². The molecule has 0 saturated carbocycles. The van der Waals surface area contributed by atoms with E-state index in [0.717, 1.165) is 5.69 Å². The molecule has 0 aliphatic carbocycles. The van der Waals surface area contributed by atoms with Crippen LogP contribution in [0.4, 0.5) is 0 Å². The Morgan fingerprint density at radius 1 is 1.75 bits per heavy atom. The number of hydrogen-bond acceptors (Lipinski definition) is 4. The highest BCUT2D eigenvalue weighted by Gasteiger charge is 2.16. The Morgan fingerprint density at radius 2 is 2.50 bits per heavy atom. The maximum absolute atomic E-state index is 11.6. The first-order valence-corrected chi connectivity index (χ1v) is 6.92. The Balaban J connectivity index is 2.56. The quantitative estimate of drug-likeness (QED) is 0.709. The lowest BCUT2D eigenvalue weighted by Crippen LogP contribution is -1.92. The molecule has 0 N–H and O–H groups in total. The third-order valence-electron chi connectivity index (χ3n) is 1.33. The van der Waals surface area contributed by atoms with Gasteiger partial charge in [-0.1, -0.05) is 0 Å². The SMILES string of the molecule is CCOP(C)(=O)Cc1cscn1. The average molecular weight is 205 g/mol. The molecule has 68 valence electrons. The summed E-state index contributed by atoms with van der Waals surface area (Å²) in [5.74, 6) is 0. The van der Waals surface area contributed by atoms with Crippen molar-refractivity contribution in [2.24, 2.45) is 0 Å². The van der Waals surface area contributed by atoms with Crippen molar-refractivity contribution in [3.8, 4) is 0 Å². The van der Waals surface area contributed by atoms with Crippen LogP contribution in [0.3, 0.4) is 0 Å². The molecule has 1 rings (SSSR count). The van der Waals surface area contributed by atoms with Crippen molar-refractivity contribution >= 4 is 18.7 Å². The van der Waals surface area contributed by atoms with Crippen molar-refractivity contribution in [1.29, 1.82) is 0 Å². The van der Waals surface area contributed by atoms with Crippen LogP contribution in [0.5, 0.6) is 0 Å². The van der Waals surface area contributed by atoms with Crippen LogP contribution in [0.15, 0.2) is 10.9 Å². The van der Waals surface area contributed by atoms with E-state index in [0.29, 0.717) is 12.8 Å². The maximum Gasteiger partial charge on any atom is 0.206 e. The van der Waals surface area contributed by atoms with Gasteiger partial charge in [0.25, 0.3) is 0 Å². The molecule has 1 unspecified atom stereocenters. The van der Waals surface area contributed by atoms with Gasteiger partial charge in [-0.05, 0) is 6.92 Å². The number of nitrogens with zero attached hydrogens (tertiary/aromatic N) is 1. The molecule has 0 saturated heterocycles. The smallest absolute Gasteiger partial charge is 0.206 e. The highest BCUT2D eigenvalue weighted by molar-refractivity contribution is 7.57. The standard InChI is InChI=1S/C7H12NO2PS/c1-3-10-11(2,9)4-7-5-12-6-8-7/h5-6H,3-4H2,1-2H3. The monoisotopic (exact) mass is 205 g/mol. The van der Waals surface area contributed by atoms with Gasteiger partial charge in [-0.2, -0.15) is 0 Å². The summed E-state index contributed by atoms with van der Waals surface area (Å²) in [6, 6.07) is 0. The van der Waals surface area contributed by atoms with Crippen molar-refractivity contribution in [3.63, 3.8) is 0 Å². The second-order valence-electron chi connectivity index (χ2n) is 2.57. The number of thiazole rings is 1. The van der Waals surface area contributed by atoms with E-state index < -0.39 is 7.37 Å². The molecule has 0 spiro atoms. The minimum Gasteiger partial charge on any atom is -0.329 e. The van der Waals surface area contributed by atoms with Crippen molar-refractivity contribution in [3.05, 3.63) is 16.6 Å². The van der Waals surface area contributed by atoms with Crippen LogP contribution in [0.1, 0.15) is 12.6 Å². The molecule has 0 bridgehead atoms. The predicted molar refractivity (Wildman–Crippen MR) is 51.0 cm³/mol. The van der Waals surface area contributed by atoms with Gasteiger partial charge in [0.05, 0.1) is 24.0 Å². The van der Waals surface area contributed by atoms with Gasteiger partial charge >= 0.3 is 0 Å². The van der Waals surface area contributed by atoms with Crippen LogP contribution in [0.2, 0.25) is 0 Å².